The minimum Gasteiger partial charge on any atom is -0.507 e. The number of nitrogens with two attached hydrogens (primary N) is 1. The molecule has 1 aliphatic rings. The number of rotatable bonds is 3. The standard InChI is InChI=1S/C21H22N2O5/c1-23-7-6-13(14(23)10-24)19-15(25)8-16(26)20-17(27)9-18(28-21(19)20)11-2-4-12(22)5-3-11/h2-5,8-9,13-14,24-26H,6-7,10,22H2,1H3/t13-,14+/m0/s1. The zero-order valence-corrected chi connectivity index (χ0v) is 15.4. The fourth-order valence-electron chi connectivity index (χ4n) is 4.08. The Kier molecular flexibility index (Phi) is 4.49. The summed E-state index contributed by atoms with van der Waals surface area (Å²) in [5.74, 6) is -0.402. The molecule has 2 aromatic carbocycles. The van der Waals surface area contributed by atoms with Crippen LogP contribution in [0.1, 0.15) is 17.9 Å². The van der Waals surface area contributed by atoms with Crippen molar-refractivity contribution in [3.63, 3.8) is 0 Å². The average Bonchev–Trinajstić information content (AvgIpc) is 3.01. The van der Waals surface area contributed by atoms with E-state index in [0.717, 1.165) is 6.54 Å². The number of hydrogen-bond donors (Lipinski definition) is 4. The summed E-state index contributed by atoms with van der Waals surface area (Å²) in [5.41, 5.74) is 7.15. The van der Waals surface area contributed by atoms with Crippen molar-refractivity contribution in [3.05, 3.63) is 52.2 Å². The summed E-state index contributed by atoms with van der Waals surface area (Å²) in [6.45, 7) is 0.643. The van der Waals surface area contributed by atoms with Crippen LogP contribution in [-0.4, -0.2) is 46.5 Å². The highest BCUT2D eigenvalue weighted by molar-refractivity contribution is 5.89. The summed E-state index contributed by atoms with van der Waals surface area (Å²) in [6.07, 6.45) is 0.685. The summed E-state index contributed by atoms with van der Waals surface area (Å²) in [4.78, 5) is 14.8. The summed E-state index contributed by atoms with van der Waals surface area (Å²) < 4.78 is 6.04. The predicted molar refractivity (Wildman–Crippen MR) is 107 cm³/mol. The number of likely N-dealkylation sites (tertiary alicyclic amines) is 1. The fourth-order valence-corrected chi connectivity index (χ4v) is 4.08. The molecular formula is C21H22N2O5. The van der Waals surface area contributed by atoms with Gasteiger partial charge in [-0.2, -0.15) is 0 Å². The summed E-state index contributed by atoms with van der Waals surface area (Å²) in [5, 5.41) is 30.7. The molecule has 7 nitrogen and oxygen atoms in total. The molecule has 146 valence electrons. The first-order valence-electron chi connectivity index (χ1n) is 9.10. The molecule has 28 heavy (non-hydrogen) atoms. The third kappa shape index (κ3) is 2.89. The third-order valence-electron chi connectivity index (χ3n) is 5.57. The number of aliphatic hydroxyl groups excluding tert-OH is 1. The van der Waals surface area contributed by atoms with Crippen molar-refractivity contribution >= 4 is 16.7 Å². The number of aromatic hydroxyl groups is 2. The van der Waals surface area contributed by atoms with Crippen LogP contribution in [0, 0.1) is 0 Å². The normalized spacial score (nSPS) is 20.1. The topological polar surface area (TPSA) is 120 Å². The van der Waals surface area contributed by atoms with Crippen LogP contribution in [-0.2, 0) is 0 Å². The van der Waals surface area contributed by atoms with Crippen molar-refractivity contribution < 1.29 is 19.7 Å². The second kappa shape index (κ2) is 6.85. The van der Waals surface area contributed by atoms with Gasteiger partial charge in [-0.3, -0.25) is 4.79 Å². The van der Waals surface area contributed by atoms with Crippen molar-refractivity contribution in [2.45, 2.75) is 18.4 Å². The van der Waals surface area contributed by atoms with Crippen molar-refractivity contribution in [1.82, 2.24) is 4.90 Å². The van der Waals surface area contributed by atoms with E-state index in [-0.39, 0.29) is 41.0 Å². The monoisotopic (exact) mass is 382 g/mol. The number of phenols is 2. The first kappa shape index (κ1) is 18.3. The zero-order chi connectivity index (χ0) is 20.0. The van der Waals surface area contributed by atoms with Crippen LogP contribution < -0.4 is 11.2 Å². The van der Waals surface area contributed by atoms with Gasteiger partial charge in [0.25, 0.3) is 0 Å². The zero-order valence-electron chi connectivity index (χ0n) is 15.4. The molecule has 7 heteroatoms. The van der Waals surface area contributed by atoms with Crippen LogP contribution >= 0.6 is 0 Å². The van der Waals surface area contributed by atoms with Gasteiger partial charge in [0.15, 0.2) is 5.43 Å². The van der Waals surface area contributed by atoms with Crippen LogP contribution in [0.5, 0.6) is 11.5 Å². The van der Waals surface area contributed by atoms with Crippen molar-refractivity contribution in [3.8, 4) is 22.8 Å². The van der Waals surface area contributed by atoms with Gasteiger partial charge in [0, 0.05) is 40.9 Å². The molecule has 0 radical (unpaired) electrons. The largest absolute Gasteiger partial charge is 0.507 e. The first-order valence-corrected chi connectivity index (χ1v) is 9.10. The lowest BCUT2D eigenvalue weighted by molar-refractivity contribution is 0.172. The van der Waals surface area contributed by atoms with Crippen LogP contribution in [0.15, 0.2) is 45.6 Å². The summed E-state index contributed by atoms with van der Waals surface area (Å²) in [7, 11) is 1.90. The number of phenolic OH excluding ortho intramolecular Hbond substituents is 2. The number of nitrogens with zero attached hydrogens (tertiary/aromatic N) is 1. The molecule has 0 aliphatic carbocycles. The number of likely N-dealkylation sites (N-methyl/N-ethyl adjacent to an activating group) is 1. The molecule has 0 unspecified atom stereocenters. The maximum absolute atomic E-state index is 12.8. The molecule has 0 amide bonds. The SMILES string of the molecule is CN1CC[C@H](c2c(O)cc(O)c3c(=O)cc(-c4ccc(N)cc4)oc23)[C@H]1CO. The van der Waals surface area contributed by atoms with Gasteiger partial charge in [-0.1, -0.05) is 0 Å². The Morgan fingerprint density at radius 1 is 1.18 bits per heavy atom. The molecule has 0 saturated carbocycles. The van der Waals surface area contributed by atoms with E-state index in [1.165, 1.54) is 12.1 Å². The first-order chi connectivity index (χ1) is 13.4. The van der Waals surface area contributed by atoms with Crippen LogP contribution in [0.3, 0.4) is 0 Å². The van der Waals surface area contributed by atoms with E-state index in [2.05, 4.69) is 0 Å². The van der Waals surface area contributed by atoms with Crippen LogP contribution in [0.2, 0.25) is 0 Å². The Hall–Kier alpha value is -3.03. The lowest BCUT2D eigenvalue weighted by Gasteiger charge is -2.24. The van der Waals surface area contributed by atoms with Gasteiger partial charge in [0.05, 0.1) is 6.61 Å². The quantitative estimate of drug-likeness (QED) is 0.513. The number of nitrogen functional groups attached to an aromatic ring is 1. The Morgan fingerprint density at radius 3 is 2.57 bits per heavy atom. The van der Waals surface area contributed by atoms with Crippen LogP contribution in [0.4, 0.5) is 5.69 Å². The van der Waals surface area contributed by atoms with E-state index < -0.39 is 5.43 Å². The molecular weight excluding hydrogens is 360 g/mol. The van der Waals surface area contributed by atoms with E-state index >= 15 is 0 Å². The highest BCUT2D eigenvalue weighted by atomic mass is 16.3. The molecule has 0 bridgehead atoms. The maximum atomic E-state index is 12.8. The van der Waals surface area contributed by atoms with Gasteiger partial charge >= 0.3 is 0 Å². The maximum Gasteiger partial charge on any atom is 0.197 e. The Bertz CT molecular complexity index is 1090. The number of hydrogen-bond acceptors (Lipinski definition) is 7. The third-order valence-corrected chi connectivity index (χ3v) is 5.57. The average molecular weight is 382 g/mol. The predicted octanol–water partition coefficient (Wildman–Crippen LogP) is 2.23. The Labute approximate surface area is 161 Å². The molecule has 1 fully saturated rings. The van der Waals surface area contributed by atoms with Gasteiger partial charge < -0.3 is 30.4 Å². The highest BCUT2D eigenvalue weighted by Gasteiger charge is 2.36. The summed E-state index contributed by atoms with van der Waals surface area (Å²) in [6, 6.07) is 9.15. The van der Waals surface area contributed by atoms with Crippen molar-refractivity contribution in [1.29, 1.82) is 0 Å². The number of anilines is 1. The van der Waals surface area contributed by atoms with Gasteiger partial charge in [0.2, 0.25) is 0 Å². The molecule has 1 aromatic heterocycles. The lowest BCUT2D eigenvalue weighted by Crippen LogP contribution is -2.32. The molecule has 1 saturated heterocycles. The molecule has 1 aliphatic heterocycles. The van der Waals surface area contributed by atoms with E-state index in [1.54, 1.807) is 24.3 Å². The van der Waals surface area contributed by atoms with Gasteiger partial charge in [0.1, 0.15) is 28.2 Å². The van der Waals surface area contributed by atoms with Crippen LogP contribution in [0.25, 0.3) is 22.3 Å². The highest BCUT2D eigenvalue weighted by Crippen LogP contribution is 2.44. The fraction of sp³-hybridized carbons (Fsp3) is 0.286. The van der Waals surface area contributed by atoms with E-state index in [4.69, 9.17) is 10.2 Å². The molecule has 0 spiro atoms. The number of fused-ring (bicyclic) bond motifs is 1. The minimum absolute atomic E-state index is 0.0261. The minimum atomic E-state index is -0.404. The Morgan fingerprint density at radius 2 is 1.89 bits per heavy atom. The van der Waals surface area contributed by atoms with Crippen molar-refractivity contribution in [2.75, 3.05) is 25.9 Å². The second-order valence-corrected chi connectivity index (χ2v) is 7.26. The molecule has 3 aromatic rings. The summed E-state index contributed by atoms with van der Waals surface area (Å²) >= 11 is 0. The van der Waals surface area contributed by atoms with Gasteiger partial charge in [-0.25, -0.2) is 0 Å². The van der Waals surface area contributed by atoms with Gasteiger partial charge in [-0.15, -0.1) is 0 Å². The van der Waals surface area contributed by atoms with E-state index in [0.29, 0.717) is 29.0 Å². The second-order valence-electron chi connectivity index (χ2n) is 7.26. The smallest absolute Gasteiger partial charge is 0.197 e. The molecule has 5 N–H and O–H groups in total. The lowest BCUT2D eigenvalue weighted by atomic mass is 9.89. The number of aliphatic hydroxyl groups is 1. The van der Waals surface area contributed by atoms with E-state index in [1.807, 2.05) is 11.9 Å². The molecule has 2 atom stereocenters. The number of benzene rings is 2. The molecule has 4 rings (SSSR count). The van der Waals surface area contributed by atoms with E-state index in [9.17, 15) is 20.1 Å². The molecule has 2 heterocycles. The Balaban J connectivity index is 1.99. The van der Waals surface area contributed by atoms with Crippen molar-refractivity contribution in [2.24, 2.45) is 0 Å². The van der Waals surface area contributed by atoms with Gasteiger partial charge in [-0.05, 0) is 44.3 Å².